The summed E-state index contributed by atoms with van der Waals surface area (Å²) in [6, 6.07) is 11.4. The molecular formula is C22H26ClFN2O4. The molecule has 1 amide bonds. The molecule has 0 spiro atoms. The van der Waals surface area contributed by atoms with E-state index in [2.05, 4.69) is 15.4 Å². The molecule has 8 heteroatoms. The Bertz CT molecular complexity index is 864. The Morgan fingerprint density at radius 2 is 1.87 bits per heavy atom. The summed E-state index contributed by atoms with van der Waals surface area (Å²) in [5.41, 5.74) is 0.398. The topological polar surface area (TPSA) is 76.7 Å². The first-order valence-corrected chi connectivity index (χ1v) is 10.0. The number of esters is 1. The van der Waals surface area contributed by atoms with Gasteiger partial charge in [0.15, 0.2) is 11.6 Å². The Morgan fingerprint density at radius 3 is 2.50 bits per heavy atom. The van der Waals surface area contributed by atoms with Gasteiger partial charge in [-0.05, 0) is 31.5 Å². The van der Waals surface area contributed by atoms with E-state index in [-0.39, 0.29) is 41.7 Å². The number of benzene rings is 2. The maximum absolute atomic E-state index is 15.2. The van der Waals surface area contributed by atoms with E-state index in [9.17, 15) is 9.59 Å². The van der Waals surface area contributed by atoms with Crippen molar-refractivity contribution in [3.8, 4) is 11.5 Å². The van der Waals surface area contributed by atoms with Crippen LogP contribution in [-0.4, -0.2) is 31.6 Å². The van der Waals surface area contributed by atoms with Gasteiger partial charge in [-0.15, -0.1) is 0 Å². The number of methoxy groups -OCH3 is 1. The van der Waals surface area contributed by atoms with Crippen LogP contribution in [0.15, 0.2) is 42.5 Å². The summed E-state index contributed by atoms with van der Waals surface area (Å²) < 4.78 is 25.4. The van der Waals surface area contributed by atoms with Crippen LogP contribution >= 0.6 is 11.6 Å². The second kappa shape index (κ2) is 11.5. The monoisotopic (exact) mass is 436 g/mol. The maximum atomic E-state index is 15.2. The van der Waals surface area contributed by atoms with Gasteiger partial charge in [0.1, 0.15) is 12.3 Å². The summed E-state index contributed by atoms with van der Waals surface area (Å²) in [7, 11) is 1.25. The fourth-order valence-corrected chi connectivity index (χ4v) is 3.12. The van der Waals surface area contributed by atoms with Gasteiger partial charge in [-0.2, -0.15) is 0 Å². The van der Waals surface area contributed by atoms with Gasteiger partial charge < -0.3 is 20.1 Å². The predicted octanol–water partition coefficient (Wildman–Crippen LogP) is 4.38. The molecule has 0 aliphatic rings. The van der Waals surface area contributed by atoms with E-state index in [0.717, 1.165) is 0 Å². The van der Waals surface area contributed by atoms with Crippen LogP contribution in [0.2, 0.25) is 5.02 Å². The molecule has 0 radical (unpaired) electrons. The Hall–Kier alpha value is -2.64. The molecule has 0 saturated carbocycles. The van der Waals surface area contributed by atoms with Crippen molar-refractivity contribution in [1.82, 2.24) is 10.6 Å². The Kier molecular flexibility index (Phi) is 9.08. The molecule has 2 rings (SSSR count). The average molecular weight is 437 g/mol. The summed E-state index contributed by atoms with van der Waals surface area (Å²) in [4.78, 5) is 23.1. The zero-order chi connectivity index (χ0) is 22.1. The van der Waals surface area contributed by atoms with Crippen LogP contribution in [0.5, 0.6) is 11.5 Å². The van der Waals surface area contributed by atoms with Crippen LogP contribution in [0.4, 0.5) is 4.39 Å². The van der Waals surface area contributed by atoms with Crippen molar-refractivity contribution < 1.29 is 23.5 Å². The fourth-order valence-electron chi connectivity index (χ4n) is 2.94. The van der Waals surface area contributed by atoms with Crippen LogP contribution < -0.4 is 15.4 Å². The molecule has 0 aliphatic heterocycles. The van der Waals surface area contributed by atoms with Crippen molar-refractivity contribution in [3.63, 3.8) is 0 Å². The molecule has 2 aromatic rings. The van der Waals surface area contributed by atoms with Crippen LogP contribution in [0.3, 0.4) is 0 Å². The second-order valence-electron chi connectivity index (χ2n) is 6.78. The fraction of sp³-hybridized carbons (Fsp3) is 0.364. The van der Waals surface area contributed by atoms with Gasteiger partial charge in [0.2, 0.25) is 5.91 Å². The van der Waals surface area contributed by atoms with Gasteiger partial charge in [0.25, 0.3) is 0 Å². The number of rotatable bonds is 10. The molecule has 2 atom stereocenters. The lowest BCUT2D eigenvalue weighted by molar-refractivity contribution is -0.141. The van der Waals surface area contributed by atoms with E-state index in [1.54, 1.807) is 36.4 Å². The molecule has 0 aliphatic carbocycles. The molecule has 0 aromatic heterocycles. The number of hydrogen-bond donors (Lipinski definition) is 2. The van der Waals surface area contributed by atoms with Crippen molar-refractivity contribution in [3.05, 3.63) is 58.9 Å². The molecule has 0 fully saturated rings. The van der Waals surface area contributed by atoms with Gasteiger partial charge >= 0.3 is 5.97 Å². The van der Waals surface area contributed by atoms with E-state index < -0.39 is 11.8 Å². The molecule has 30 heavy (non-hydrogen) atoms. The van der Waals surface area contributed by atoms with Gasteiger partial charge in [0.05, 0.1) is 12.1 Å². The third-order valence-electron chi connectivity index (χ3n) is 4.46. The first-order chi connectivity index (χ1) is 14.3. The minimum Gasteiger partial charge on any atom is -0.468 e. The molecule has 0 bridgehead atoms. The first-order valence-electron chi connectivity index (χ1n) is 9.66. The summed E-state index contributed by atoms with van der Waals surface area (Å²) in [5.74, 6) is -0.936. The lowest BCUT2D eigenvalue weighted by Gasteiger charge is -2.24. The Balaban J connectivity index is 2.09. The van der Waals surface area contributed by atoms with Crippen molar-refractivity contribution in [2.75, 3.05) is 13.7 Å². The molecule has 0 unspecified atom stereocenters. The lowest BCUT2D eigenvalue weighted by atomic mass is 10.0. The van der Waals surface area contributed by atoms with E-state index in [4.69, 9.17) is 16.3 Å². The third kappa shape index (κ3) is 6.71. The molecule has 0 saturated heterocycles. The standard InChI is InChI=1S/C22H26ClFN2O4/c1-4-18(26-14(2)12-19(27)25-13-20(28)29-3)16-10-11-17(23)22(21(16)24)30-15-8-6-5-7-9-15/h5-11,14,18,26H,4,12-13H2,1-3H3,(H,25,27)/t14-,18+/m0/s1. The summed E-state index contributed by atoms with van der Waals surface area (Å²) in [6.45, 7) is 3.54. The predicted molar refractivity (Wildman–Crippen MR) is 113 cm³/mol. The van der Waals surface area contributed by atoms with Gasteiger partial charge in [-0.25, -0.2) is 4.39 Å². The van der Waals surface area contributed by atoms with Crippen molar-refractivity contribution in [1.29, 1.82) is 0 Å². The third-order valence-corrected chi connectivity index (χ3v) is 4.76. The largest absolute Gasteiger partial charge is 0.468 e. The highest BCUT2D eigenvalue weighted by molar-refractivity contribution is 6.32. The van der Waals surface area contributed by atoms with Crippen LogP contribution in [0.1, 0.15) is 38.3 Å². The lowest BCUT2D eigenvalue weighted by Crippen LogP contribution is -2.37. The normalized spacial score (nSPS) is 12.7. The number of ether oxygens (including phenoxy) is 2. The van der Waals surface area contributed by atoms with E-state index >= 15 is 4.39 Å². The molecule has 0 heterocycles. The van der Waals surface area contributed by atoms with Gasteiger partial charge in [0, 0.05) is 24.1 Å². The molecule has 2 aromatic carbocycles. The highest BCUT2D eigenvalue weighted by Crippen LogP contribution is 2.36. The average Bonchev–Trinajstić information content (AvgIpc) is 2.74. The number of amides is 1. The van der Waals surface area contributed by atoms with Gasteiger partial charge in [-0.1, -0.05) is 42.8 Å². The van der Waals surface area contributed by atoms with E-state index in [1.165, 1.54) is 7.11 Å². The number of hydrogen-bond acceptors (Lipinski definition) is 5. The van der Waals surface area contributed by atoms with Gasteiger partial charge in [-0.3, -0.25) is 9.59 Å². The van der Waals surface area contributed by atoms with Crippen LogP contribution in [-0.2, 0) is 14.3 Å². The summed E-state index contributed by atoms with van der Waals surface area (Å²) >= 11 is 6.17. The molecule has 6 nitrogen and oxygen atoms in total. The minimum absolute atomic E-state index is 0.0379. The van der Waals surface area contributed by atoms with Crippen LogP contribution in [0, 0.1) is 5.82 Å². The summed E-state index contributed by atoms with van der Waals surface area (Å²) in [5, 5.41) is 5.91. The summed E-state index contributed by atoms with van der Waals surface area (Å²) in [6.07, 6.45) is 0.702. The van der Waals surface area contributed by atoms with Crippen LogP contribution in [0.25, 0.3) is 0 Å². The number of carbonyl (C=O) groups is 2. The molecule has 2 N–H and O–H groups in total. The Morgan fingerprint density at radius 1 is 1.17 bits per heavy atom. The quantitative estimate of drug-likeness (QED) is 0.540. The highest BCUT2D eigenvalue weighted by atomic mass is 35.5. The number of para-hydroxylation sites is 1. The SMILES string of the molecule is CC[C@@H](N[C@@H](C)CC(=O)NCC(=O)OC)c1ccc(Cl)c(Oc2ccccc2)c1F. The van der Waals surface area contributed by atoms with Crippen molar-refractivity contribution >= 4 is 23.5 Å². The number of halogens is 2. The number of carbonyl (C=O) groups excluding carboxylic acids is 2. The van der Waals surface area contributed by atoms with E-state index in [1.807, 2.05) is 19.9 Å². The first kappa shape index (κ1) is 23.6. The minimum atomic E-state index is -0.548. The van der Waals surface area contributed by atoms with Crippen molar-refractivity contribution in [2.24, 2.45) is 0 Å². The maximum Gasteiger partial charge on any atom is 0.325 e. The highest BCUT2D eigenvalue weighted by Gasteiger charge is 2.22. The van der Waals surface area contributed by atoms with E-state index in [0.29, 0.717) is 17.7 Å². The Labute approximate surface area is 180 Å². The second-order valence-corrected chi connectivity index (χ2v) is 7.19. The molecule has 162 valence electrons. The molecular weight excluding hydrogens is 411 g/mol. The van der Waals surface area contributed by atoms with Crippen molar-refractivity contribution in [2.45, 2.75) is 38.8 Å². The zero-order valence-electron chi connectivity index (χ0n) is 17.2. The zero-order valence-corrected chi connectivity index (χ0v) is 18.0. The smallest absolute Gasteiger partial charge is 0.325 e. The number of nitrogens with one attached hydrogen (secondary N) is 2.